The highest BCUT2D eigenvalue weighted by atomic mass is 16.1. The molecule has 24 heavy (non-hydrogen) atoms. The van der Waals surface area contributed by atoms with Gasteiger partial charge in [0.1, 0.15) is 17.3 Å². The SMILES string of the molecule is Cc1ncc(Cn2cc(CNC(=O)c3ccccc3)nn2)c(N)n1. The minimum absolute atomic E-state index is 0.152. The van der Waals surface area contributed by atoms with E-state index in [9.17, 15) is 4.79 Å². The minimum Gasteiger partial charge on any atom is -0.383 e. The van der Waals surface area contributed by atoms with E-state index in [1.165, 1.54) is 0 Å². The van der Waals surface area contributed by atoms with Gasteiger partial charge in [-0.3, -0.25) is 4.79 Å². The molecule has 0 radical (unpaired) electrons. The van der Waals surface area contributed by atoms with Gasteiger partial charge in [-0.2, -0.15) is 0 Å². The number of amides is 1. The number of nitrogens with one attached hydrogen (secondary N) is 1. The summed E-state index contributed by atoms with van der Waals surface area (Å²) < 4.78 is 1.63. The van der Waals surface area contributed by atoms with E-state index in [-0.39, 0.29) is 5.91 Å². The first-order chi connectivity index (χ1) is 11.6. The van der Waals surface area contributed by atoms with Crippen LogP contribution >= 0.6 is 0 Å². The number of nitrogens with two attached hydrogens (primary N) is 1. The Balaban J connectivity index is 1.60. The van der Waals surface area contributed by atoms with Crippen LogP contribution in [0.15, 0.2) is 42.7 Å². The Kier molecular flexibility index (Phi) is 4.46. The number of hydrogen-bond acceptors (Lipinski definition) is 6. The molecule has 8 nitrogen and oxygen atoms in total. The number of carbonyl (C=O) groups excluding carboxylic acids is 1. The number of nitrogen functional groups attached to an aromatic ring is 1. The molecule has 1 aromatic carbocycles. The molecule has 0 saturated heterocycles. The van der Waals surface area contributed by atoms with Crippen molar-refractivity contribution >= 4 is 11.7 Å². The Morgan fingerprint density at radius 3 is 2.83 bits per heavy atom. The van der Waals surface area contributed by atoms with Crippen LogP contribution in [0.1, 0.15) is 27.4 Å². The first-order valence-electron chi connectivity index (χ1n) is 7.42. The van der Waals surface area contributed by atoms with Gasteiger partial charge in [0.05, 0.1) is 19.3 Å². The number of benzene rings is 1. The number of aromatic nitrogens is 5. The lowest BCUT2D eigenvalue weighted by Crippen LogP contribution is -2.22. The summed E-state index contributed by atoms with van der Waals surface area (Å²) in [6, 6.07) is 9.01. The van der Waals surface area contributed by atoms with Crippen molar-refractivity contribution in [3.05, 3.63) is 65.4 Å². The molecule has 2 aromatic heterocycles. The Morgan fingerprint density at radius 2 is 2.08 bits per heavy atom. The lowest BCUT2D eigenvalue weighted by molar-refractivity contribution is 0.0950. The lowest BCUT2D eigenvalue weighted by Gasteiger charge is -2.04. The normalized spacial score (nSPS) is 10.5. The van der Waals surface area contributed by atoms with Gasteiger partial charge in [-0.1, -0.05) is 23.4 Å². The van der Waals surface area contributed by atoms with Crippen LogP contribution in [-0.4, -0.2) is 30.9 Å². The van der Waals surface area contributed by atoms with E-state index in [1.54, 1.807) is 36.1 Å². The second-order valence-corrected chi connectivity index (χ2v) is 5.28. The van der Waals surface area contributed by atoms with Crippen LogP contribution in [0.3, 0.4) is 0 Å². The van der Waals surface area contributed by atoms with Crippen molar-refractivity contribution < 1.29 is 4.79 Å². The molecule has 2 heterocycles. The van der Waals surface area contributed by atoms with E-state index in [2.05, 4.69) is 25.6 Å². The molecule has 0 unspecified atom stereocenters. The molecule has 0 aliphatic rings. The summed E-state index contributed by atoms with van der Waals surface area (Å²) in [5.74, 6) is 0.900. The first kappa shape index (κ1) is 15.6. The molecule has 122 valence electrons. The Bertz CT molecular complexity index is 845. The van der Waals surface area contributed by atoms with Crippen LogP contribution in [0.5, 0.6) is 0 Å². The molecule has 0 spiro atoms. The molecule has 8 heteroatoms. The van der Waals surface area contributed by atoms with Crippen molar-refractivity contribution in [1.82, 2.24) is 30.3 Å². The van der Waals surface area contributed by atoms with Crippen LogP contribution in [0.25, 0.3) is 0 Å². The highest BCUT2D eigenvalue weighted by molar-refractivity contribution is 5.93. The summed E-state index contributed by atoms with van der Waals surface area (Å²) in [6.45, 7) is 2.50. The monoisotopic (exact) mass is 323 g/mol. The van der Waals surface area contributed by atoms with Gasteiger partial charge in [-0.15, -0.1) is 5.10 Å². The van der Waals surface area contributed by atoms with Crippen LogP contribution < -0.4 is 11.1 Å². The number of rotatable bonds is 5. The van der Waals surface area contributed by atoms with E-state index >= 15 is 0 Å². The minimum atomic E-state index is -0.152. The summed E-state index contributed by atoms with van der Waals surface area (Å²) in [7, 11) is 0. The van der Waals surface area contributed by atoms with Crippen molar-refractivity contribution in [2.75, 3.05) is 5.73 Å². The molecule has 0 saturated carbocycles. The topological polar surface area (TPSA) is 112 Å². The summed E-state index contributed by atoms with van der Waals surface area (Å²) in [6.07, 6.45) is 3.43. The van der Waals surface area contributed by atoms with E-state index < -0.39 is 0 Å². The number of carbonyl (C=O) groups is 1. The van der Waals surface area contributed by atoms with E-state index in [4.69, 9.17) is 5.73 Å². The van der Waals surface area contributed by atoms with Gasteiger partial charge >= 0.3 is 0 Å². The zero-order valence-corrected chi connectivity index (χ0v) is 13.2. The molecular formula is C16H17N7O. The zero-order valence-electron chi connectivity index (χ0n) is 13.2. The second-order valence-electron chi connectivity index (χ2n) is 5.28. The van der Waals surface area contributed by atoms with Crippen LogP contribution in [-0.2, 0) is 13.1 Å². The third-order valence-electron chi connectivity index (χ3n) is 3.40. The summed E-state index contributed by atoms with van der Waals surface area (Å²) in [5.41, 5.74) is 7.90. The predicted octanol–water partition coefficient (Wildman–Crippen LogP) is 0.937. The highest BCUT2D eigenvalue weighted by Gasteiger charge is 2.08. The van der Waals surface area contributed by atoms with Crippen LogP contribution in [0, 0.1) is 6.92 Å². The van der Waals surface area contributed by atoms with Gasteiger partial charge < -0.3 is 11.1 Å². The van der Waals surface area contributed by atoms with E-state index in [0.29, 0.717) is 36.0 Å². The fraction of sp³-hybridized carbons (Fsp3) is 0.188. The van der Waals surface area contributed by atoms with Crippen molar-refractivity contribution in [2.45, 2.75) is 20.0 Å². The Labute approximate surface area is 138 Å². The fourth-order valence-electron chi connectivity index (χ4n) is 2.17. The number of anilines is 1. The van der Waals surface area contributed by atoms with Gasteiger partial charge in [0.2, 0.25) is 0 Å². The third-order valence-corrected chi connectivity index (χ3v) is 3.40. The molecule has 1 amide bonds. The van der Waals surface area contributed by atoms with Crippen molar-refractivity contribution in [1.29, 1.82) is 0 Å². The second kappa shape index (κ2) is 6.86. The summed E-state index contributed by atoms with van der Waals surface area (Å²) >= 11 is 0. The number of nitrogens with zero attached hydrogens (tertiary/aromatic N) is 5. The average molecular weight is 323 g/mol. The van der Waals surface area contributed by atoms with E-state index in [1.807, 2.05) is 18.2 Å². The third kappa shape index (κ3) is 3.72. The maximum Gasteiger partial charge on any atom is 0.251 e. The standard InChI is InChI=1S/C16H17N7O/c1-11-18-7-13(15(17)20-11)9-23-10-14(21-22-23)8-19-16(24)12-5-3-2-4-6-12/h2-7,10H,8-9H2,1H3,(H,19,24)(H2,17,18,20). The molecule has 0 aliphatic carbocycles. The molecule has 0 atom stereocenters. The smallest absolute Gasteiger partial charge is 0.251 e. The zero-order chi connectivity index (χ0) is 16.9. The Morgan fingerprint density at radius 1 is 1.29 bits per heavy atom. The quantitative estimate of drug-likeness (QED) is 0.722. The van der Waals surface area contributed by atoms with Gasteiger partial charge in [0.15, 0.2) is 0 Å². The van der Waals surface area contributed by atoms with Crippen molar-refractivity contribution in [3.63, 3.8) is 0 Å². The van der Waals surface area contributed by atoms with Crippen molar-refractivity contribution in [2.24, 2.45) is 0 Å². The molecule has 3 rings (SSSR count). The van der Waals surface area contributed by atoms with Crippen molar-refractivity contribution in [3.8, 4) is 0 Å². The average Bonchev–Trinajstić information content (AvgIpc) is 3.03. The molecule has 0 fully saturated rings. The Hall–Kier alpha value is -3.29. The lowest BCUT2D eigenvalue weighted by atomic mass is 10.2. The summed E-state index contributed by atoms with van der Waals surface area (Å²) in [5, 5.41) is 10.9. The first-order valence-corrected chi connectivity index (χ1v) is 7.42. The maximum absolute atomic E-state index is 12.0. The molecule has 3 N–H and O–H groups in total. The van der Waals surface area contributed by atoms with E-state index in [0.717, 1.165) is 5.56 Å². The molecule has 3 aromatic rings. The molecule has 0 aliphatic heterocycles. The highest BCUT2D eigenvalue weighted by Crippen LogP contribution is 2.09. The summed E-state index contributed by atoms with van der Waals surface area (Å²) in [4.78, 5) is 20.2. The molecule has 0 bridgehead atoms. The maximum atomic E-state index is 12.0. The number of hydrogen-bond donors (Lipinski definition) is 2. The van der Waals surface area contributed by atoms with Gasteiger partial charge in [0, 0.05) is 17.3 Å². The molecular weight excluding hydrogens is 306 g/mol. The predicted molar refractivity (Wildman–Crippen MR) is 87.9 cm³/mol. The van der Waals surface area contributed by atoms with Crippen LogP contribution in [0.4, 0.5) is 5.82 Å². The van der Waals surface area contributed by atoms with Gasteiger partial charge in [-0.05, 0) is 19.1 Å². The van der Waals surface area contributed by atoms with Gasteiger partial charge in [0.25, 0.3) is 5.91 Å². The largest absolute Gasteiger partial charge is 0.383 e. The number of aryl methyl sites for hydroxylation is 1. The fourth-order valence-corrected chi connectivity index (χ4v) is 2.17. The van der Waals surface area contributed by atoms with Crippen LogP contribution in [0.2, 0.25) is 0 Å². The van der Waals surface area contributed by atoms with Gasteiger partial charge in [-0.25, -0.2) is 14.6 Å².